The molecule has 0 radical (unpaired) electrons. The van der Waals surface area contributed by atoms with Crippen LogP contribution in [-0.4, -0.2) is 0 Å². The Bertz CT molecular complexity index is 5290. The summed E-state index contributed by atoms with van der Waals surface area (Å²) in [6.07, 6.45) is 9.18. The molecular weight excluding hydrogens is 1160 g/mol. The Morgan fingerprint density at radius 3 is 0.792 bits per heavy atom. The van der Waals surface area contributed by atoms with E-state index < -0.39 is 0 Å². The van der Waals surface area contributed by atoms with Crippen LogP contribution in [0.2, 0.25) is 0 Å². The predicted molar refractivity (Wildman–Crippen MR) is 409 cm³/mol. The highest BCUT2D eigenvalue weighted by Gasteiger charge is 2.41. The quantitative estimate of drug-likeness (QED) is 0.0995. The van der Waals surface area contributed by atoms with Crippen molar-refractivity contribution in [1.29, 1.82) is 0 Å². The number of hydrogen-bond donors (Lipinski definition) is 0. The van der Waals surface area contributed by atoms with Crippen LogP contribution in [0.4, 0.5) is 34.1 Å². The molecule has 0 amide bonds. The highest BCUT2D eigenvalue weighted by molar-refractivity contribution is 6.26. The van der Waals surface area contributed by atoms with Crippen molar-refractivity contribution in [3.8, 4) is 44.5 Å². The van der Waals surface area contributed by atoms with Gasteiger partial charge < -0.3 is 9.80 Å². The maximum Gasteiger partial charge on any atom is 0.0465 e. The number of rotatable bonds is 10. The van der Waals surface area contributed by atoms with Crippen molar-refractivity contribution >= 4 is 90.7 Å². The summed E-state index contributed by atoms with van der Waals surface area (Å²) in [6, 6.07) is 105. The Morgan fingerprint density at radius 2 is 0.438 bits per heavy atom. The van der Waals surface area contributed by atoms with Gasteiger partial charge in [0.1, 0.15) is 0 Å². The van der Waals surface area contributed by atoms with Gasteiger partial charge >= 0.3 is 0 Å². The molecule has 0 unspecified atom stereocenters. The Hall–Kier alpha value is -11.1. The Balaban J connectivity index is 0.612. The van der Waals surface area contributed by atoms with Crippen LogP contribution in [0.5, 0.6) is 0 Å². The van der Waals surface area contributed by atoms with Gasteiger partial charge in [-0.25, -0.2) is 0 Å². The summed E-state index contributed by atoms with van der Waals surface area (Å²) in [5.41, 5.74) is 32.6. The van der Waals surface area contributed by atoms with Crippen molar-refractivity contribution in [2.45, 2.75) is 77.0 Å². The third-order valence-electron chi connectivity index (χ3n) is 22.4. The van der Waals surface area contributed by atoms with Crippen molar-refractivity contribution in [3.63, 3.8) is 0 Å². The van der Waals surface area contributed by atoms with E-state index in [2.05, 4.69) is 369 Å². The molecule has 0 bridgehead atoms. The van der Waals surface area contributed by atoms with Gasteiger partial charge in [-0.2, -0.15) is 0 Å². The highest BCUT2D eigenvalue weighted by Crippen LogP contribution is 2.56. The molecule has 2 nitrogen and oxygen atoms in total. The number of fused-ring (bicyclic) bond motifs is 18. The first-order valence-corrected chi connectivity index (χ1v) is 34.1. The van der Waals surface area contributed by atoms with Gasteiger partial charge in [0.25, 0.3) is 0 Å². The SMILES string of the molecule is CC1(C)c2ccccc2-c2ccc(N(c3ccccc3)c3ccc4c(c3)C(C)(C)c3cc(/C=C/c5ccc6c7ccc(/C=C/c8ccc9c(c8)C(C)(C)c8cc(N(c%10ccccc%10)c%10ccc%11c(c%10)C(C)(C)c%10ccccc%10-%11)ccc8-9)cc7c7ccccc7c6c5)ccc3-4)cc21. The van der Waals surface area contributed by atoms with Crippen LogP contribution in [0, 0.1) is 0 Å². The van der Waals surface area contributed by atoms with Crippen LogP contribution < -0.4 is 9.80 Å². The second-order valence-corrected chi connectivity index (χ2v) is 29.3. The zero-order valence-electron chi connectivity index (χ0n) is 55.8. The van der Waals surface area contributed by atoms with E-state index in [9.17, 15) is 0 Å². The third kappa shape index (κ3) is 8.77. The summed E-state index contributed by atoms with van der Waals surface area (Å²) in [5, 5.41) is 7.60. The molecule has 18 rings (SSSR count). The second kappa shape index (κ2) is 21.2. The molecule has 460 valence electrons. The lowest BCUT2D eigenvalue weighted by Crippen LogP contribution is -2.18. The lowest BCUT2D eigenvalue weighted by atomic mass is 9.81. The fourth-order valence-electron chi connectivity index (χ4n) is 17.3. The van der Waals surface area contributed by atoms with Crippen LogP contribution in [0.1, 0.15) is 122 Å². The monoisotopic (exact) mass is 1230 g/mol. The third-order valence-corrected chi connectivity index (χ3v) is 22.4. The fraction of sp³-hybridized carbons (Fsp3) is 0.128. The minimum Gasteiger partial charge on any atom is -0.310 e. The van der Waals surface area contributed by atoms with E-state index in [1.807, 2.05) is 0 Å². The zero-order valence-corrected chi connectivity index (χ0v) is 55.8. The van der Waals surface area contributed by atoms with Crippen molar-refractivity contribution in [2.24, 2.45) is 0 Å². The summed E-state index contributed by atoms with van der Waals surface area (Å²) in [4.78, 5) is 4.88. The summed E-state index contributed by atoms with van der Waals surface area (Å²) >= 11 is 0. The number of hydrogen-bond acceptors (Lipinski definition) is 2. The normalized spacial score (nSPS) is 15.1. The molecule has 96 heavy (non-hydrogen) atoms. The molecule has 14 aromatic rings. The van der Waals surface area contributed by atoms with Gasteiger partial charge in [-0.3, -0.25) is 0 Å². The second-order valence-electron chi connectivity index (χ2n) is 29.3. The van der Waals surface area contributed by atoms with E-state index in [4.69, 9.17) is 0 Å². The average molecular weight is 1230 g/mol. The average Bonchev–Trinajstić information content (AvgIpc) is 1.40. The van der Waals surface area contributed by atoms with E-state index in [1.165, 1.54) is 155 Å². The molecule has 0 saturated carbocycles. The van der Waals surface area contributed by atoms with Gasteiger partial charge in [0, 0.05) is 55.8 Å². The predicted octanol–water partition coefficient (Wildman–Crippen LogP) is 25.7. The summed E-state index contributed by atoms with van der Waals surface area (Å²) in [5.74, 6) is 0. The lowest BCUT2D eigenvalue weighted by molar-refractivity contribution is 0.659. The molecule has 4 aliphatic rings. The fourth-order valence-corrected chi connectivity index (χ4v) is 17.3. The van der Waals surface area contributed by atoms with Crippen molar-refractivity contribution in [2.75, 3.05) is 9.80 Å². The molecule has 0 aromatic heterocycles. The lowest BCUT2D eigenvalue weighted by Gasteiger charge is -2.29. The summed E-state index contributed by atoms with van der Waals surface area (Å²) < 4.78 is 0. The van der Waals surface area contributed by atoms with Crippen LogP contribution in [0.15, 0.2) is 279 Å². The van der Waals surface area contributed by atoms with E-state index in [0.29, 0.717) is 0 Å². The summed E-state index contributed by atoms with van der Waals surface area (Å²) in [6.45, 7) is 19.0. The minimum absolute atomic E-state index is 0.0974. The minimum atomic E-state index is -0.213. The molecule has 0 fully saturated rings. The molecule has 4 aliphatic carbocycles. The maximum absolute atomic E-state index is 2.45. The molecule has 2 heteroatoms. The number of para-hydroxylation sites is 2. The van der Waals surface area contributed by atoms with E-state index in [1.54, 1.807) is 0 Å². The van der Waals surface area contributed by atoms with Gasteiger partial charge in [0.05, 0.1) is 0 Å². The number of anilines is 6. The van der Waals surface area contributed by atoms with Crippen LogP contribution in [0.3, 0.4) is 0 Å². The Labute approximate surface area is 564 Å². The van der Waals surface area contributed by atoms with Gasteiger partial charge in [-0.1, -0.05) is 274 Å². The molecule has 0 heterocycles. The Morgan fingerprint density at radius 1 is 0.188 bits per heavy atom. The topological polar surface area (TPSA) is 6.48 Å². The van der Waals surface area contributed by atoms with Gasteiger partial charge in [0.2, 0.25) is 0 Å². The van der Waals surface area contributed by atoms with E-state index in [-0.39, 0.29) is 21.7 Å². The molecule has 0 saturated heterocycles. The van der Waals surface area contributed by atoms with E-state index in [0.717, 1.165) is 22.7 Å². The van der Waals surface area contributed by atoms with Gasteiger partial charge in [-0.05, 0) is 229 Å². The van der Waals surface area contributed by atoms with Crippen molar-refractivity contribution in [3.05, 3.63) is 346 Å². The molecule has 0 aliphatic heterocycles. The van der Waals surface area contributed by atoms with Crippen molar-refractivity contribution in [1.82, 2.24) is 0 Å². The molecule has 0 N–H and O–H groups in total. The van der Waals surface area contributed by atoms with Crippen LogP contribution in [0.25, 0.3) is 101 Å². The van der Waals surface area contributed by atoms with Gasteiger partial charge in [0.15, 0.2) is 0 Å². The molecule has 14 aromatic carbocycles. The van der Waals surface area contributed by atoms with Crippen LogP contribution in [-0.2, 0) is 21.7 Å². The molecule has 0 spiro atoms. The maximum atomic E-state index is 2.45. The zero-order chi connectivity index (χ0) is 65.0. The largest absolute Gasteiger partial charge is 0.310 e. The number of benzene rings is 14. The van der Waals surface area contributed by atoms with E-state index >= 15 is 0 Å². The Kier molecular flexibility index (Phi) is 12.7. The summed E-state index contributed by atoms with van der Waals surface area (Å²) in [7, 11) is 0. The van der Waals surface area contributed by atoms with Crippen LogP contribution >= 0.6 is 0 Å². The first-order chi connectivity index (χ1) is 46.6. The smallest absolute Gasteiger partial charge is 0.0465 e. The molecular formula is C94H74N2. The van der Waals surface area contributed by atoms with Gasteiger partial charge in [-0.15, -0.1) is 0 Å². The first kappa shape index (κ1) is 57.6. The first-order valence-electron chi connectivity index (χ1n) is 34.1. The standard InChI is InChI=1S/C94H74N2/c1-91(2)83-29-19-17-27-73(83)77-47-39-65(55-87(77)91)95(63-21-11-9-12-22-63)67-41-49-79-75-45-37-61(53-85(75)93(5,6)89(79)57-67)33-31-59-35-43-71-72-44-36-60(52-82(72)70-26-16-15-25-69(70)81(71)51-59)32-34-62-38-46-76-80-50-42-68(58-90(80)94(7,8)86(76)54-62)96(64-23-13-10-14-24-64)66-40-48-78-74-28-18-20-30-84(74)92(3,4)88(78)56-66/h9-58H,1-8H3/b33-31+,34-32+. The number of nitrogens with zero attached hydrogens (tertiary/aromatic N) is 2. The highest BCUT2D eigenvalue weighted by atomic mass is 15.1. The molecule has 0 atom stereocenters. The van der Waals surface area contributed by atoms with Crippen molar-refractivity contribution < 1.29 is 0 Å².